The minimum atomic E-state index is 0.729. The molecule has 2 aromatic carbocycles. The van der Waals surface area contributed by atoms with E-state index in [1.54, 1.807) is 0 Å². The summed E-state index contributed by atoms with van der Waals surface area (Å²) < 4.78 is 5.50. The molecule has 3 rings (SSSR count). The molecular weight excluding hydrogens is 316 g/mol. The first kappa shape index (κ1) is 17.5. The highest BCUT2D eigenvalue weighted by molar-refractivity contribution is 6.30. The number of hydrogen-bond donors (Lipinski definition) is 0. The first-order valence-corrected chi connectivity index (χ1v) is 9.57. The van der Waals surface area contributed by atoms with Crippen LogP contribution in [0.2, 0.25) is 5.02 Å². The number of benzene rings is 2. The minimum absolute atomic E-state index is 0.729. The first-order valence-electron chi connectivity index (χ1n) is 9.20. The van der Waals surface area contributed by atoms with Gasteiger partial charge in [0, 0.05) is 18.2 Å². The van der Waals surface area contributed by atoms with Crippen LogP contribution in [0.5, 0.6) is 0 Å². The van der Waals surface area contributed by atoms with Crippen LogP contribution in [0.1, 0.15) is 50.5 Å². The molecule has 0 aromatic heterocycles. The molecule has 2 heteroatoms. The van der Waals surface area contributed by atoms with Crippen LogP contribution in [0.25, 0.3) is 11.1 Å². The Hall–Kier alpha value is -1.31. The zero-order chi connectivity index (χ0) is 16.8. The second kappa shape index (κ2) is 8.69. The van der Waals surface area contributed by atoms with Gasteiger partial charge in [0.15, 0.2) is 0 Å². The van der Waals surface area contributed by atoms with Gasteiger partial charge < -0.3 is 4.74 Å². The lowest BCUT2D eigenvalue weighted by atomic mass is 9.77. The average molecular weight is 343 g/mol. The molecule has 128 valence electrons. The van der Waals surface area contributed by atoms with Crippen molar-refractivity contribution in [2.24, 2.45) is 5.92 Å². The summed E-state index contributed by atoms with van der Waals surface area (Å²) >= 11 is 5.97. The summed E-state index contributed by atoms with van der Waals surface area (Å²) in [6.45, 7) is 3.85. The summed E-state index contributed by atoms with van der Waals surface area (Å²) in [6.07, 6.45) is 6.55. The second-order valence-corrected chi connectivity index (χ2v) is 7.27. The van der Waals surface area contributed by atoms with E-state index in [2.05, 4.69) is 43.3 Å². The summed E-state index contributed by atoms with van der Waals surface area (Å²) in [5, 5.41) is 0.788. The van der Waals surface area contributed by atoms with Crippen LogP contribution in [0.4, 0.5) is 0 Å². The monoisotopic (exact) mass is 342 g/mol. The van der Waals surface area contributed by atoms with Gasteiger partial charge in [-0.05, 0) is 79.7 Å². The first-order chi connectivity index (χ1) is 11.8. The third-order valence-corrected chi connectivity index (χ3v) is 5.53. The lowest BCUT2D eigenvalue weighted by Crippen LogP contribution is -2.15. The van der Waals surface area contributed by atoms with Crippen LogP contribution >= 0.6 is 11.6 Å². The molecule has 24 heavy (non-hydrogen) atoms. The summed E-state index contributed by atoms with van der Waals surface area (Å²) in [5.74, 6) is 1.59. The summed E-state index contributed by atoms with van der Waals surface area (Å²) in [4.78, 5) is 0. The van der Waals surface area contributed by atoms with Crippen molar-refractivity contribution < 1.29 is 4.74 Å². The Kier molecular flexibility index (Phi) is 6.34. The maximum absolute atomic E-state index is 5.97. The standard InChI is InChI=1S/C22H27ClO/c1-2-24-16-15-17-3-5-18(6-4-17)19-7-9-20(10-8-19)21-11-13-22(23)14-12-21/h7-14,17-18H,2-6,15-16H2,1H3. The molecule has 0 amide bonds. The van der Waals surface area contributed by atoms with Crippen molar-refractivity contribution in [2.75, 3.05) is 13.2 Å². The van der Waals surface area contributed by atoms with E-state index in [0.29, 0.717) is 0 Å². The SMILES string of the molecule is CCOCCC1CCC(c2ccc(-c3ccc(Cl)cc3)cc2)CC1. The fraction of sp³-hybridized carbons (Fsp3) is 0.455. The predicted molar refractivity (Wildman–Crippen MR) is 103 cm³/mol. The van der Waals surface area contributed by atoms with Gasteiger partial charge in [-0.2, -0.15) is 0 Å². The number of rotatable bonds is 6. The van der Waals surface area contributed by atoms with Gasteiger partial charge in [0.05, 0.1) is 0 Å². The summed E-state index contributed by atoms with van der Waals surface area (Å²) in [7, 11) is 0. The Morgan fingerprint density at radius 2 is 1.46 bits per heavy atom. The van der Waals surface area contributed by atoms with Gasteiger partial charge in [0.25, 0.3) is 0 Å². The summed E-state index contributed by atoms with van der Waals surface area (Å²) in [5.41, 5.74) is 3.99. The molecule has 0 heterocycles. The molecule has 1 fully saturated rings. The molecule has 0 N–H and O–H groups in total. The van der Waals surface area contributed by atoms with Crippen molar-refractivity contribution in [1.82, 2.24) is 0 Å². The highest BCUT2D eigenvalue weighted by atomic mass is 35.5. The minimum Gasteiger partial charge on any atom is -0.382 e. The molecule has 0 atom stereocenters. The molecule has 0 bridgehead atoms. The lowest BCUT2D eigenvalue weighted by Gasteiger charge is -2.28. The van der Waals surface area contributed by atoms with Gasteiger partial charge in [-0.1, -0.05) is 48.0 Å². The van der Waals surface area contributed by atoms with Gasteiger partial charge >= 0.3 is 0 Å². The Balaban J connectivity index is 1.56. The molecule has 2 aromatic rings. The normalized spacial score (nSPS) is 20.9. The third kappa shape index (κ3) is 4.62. The quantitative estimate of drug-likeness (QED) is 0.530. The van der Waals surface area contributed by atoms with Gasteiger partial charge in [0.1, 0.15) is 0 Å². The molecule has 0 radical (unpaired) electrons. The van der Waals surface area contributed by atoms with Crippen molar-refractivity contribution >= 4 is 11.6 Å². The molecule has 0 unspecified atom stereocenters. The fourth-order valence-electron chi connectivity index (χ4n) is 3.77. The van der Waals surface area contributed by atoms with Gasteiger partial charge in [0.2, 0.25) is 0 Å². The molecule has 0 aliphatic heterocycles. The smallest absolute Gasteiger partial charge is 0.0468 e. The highest BCUT2D eigenvalue weighted by Gasteiger charge is 2.22. The third-order valence-electron chi connectivity index (χ3n) is 5.28. The van der Waals surface area contributed by atoms with E-state index in [1.165, 1.54) is 48.8 Å². The zero-order valence-electron chi connectivity index (χ0n) is 14.5. The number of hydrogen-bond acceptors (Lipinski definition) is 1. The molecule has 1 nitrogen and oxygen atoms in total. The van der Waals surface area contributed by atoms with E-state index >= 15 is 0 Å². The van der Waals surface area contributed by atoms with Gasteiger partial charge in [-0.15, -0.1) is 0 Å². The van der Waals surface area contributed by atoms with Crippen molar-refractivity contribution in [3.8, 4) is 11.1 Å². The molecule has 1 saturated carbocycles. The fourth-order valence-corrected chi connectivity index (χ4v) is 3.89. The summed E-state index contributed by atoms with van der Waals surface area (Å²) in [6, 6.07) is 17.2. The largest absolute Gasteiger partial charge is 0.382 e. The zero-order valence-corrected chi connectivity index (χ0v) is 15.3. The predicted octanol–water partition coefficient (Wildman–Crippen LogP) is 6.71. The van der Waals surface area contributed by atoms with E-state index in [-0.39, 0.29) is 0 Å². The van der Waals surface area contributed by atoms with E-state index in [0.717, 1.165) is 30.1 Å². The Bertz CT molecular complexity index is 609. The van der Waals surface area contributed by atoms with Crippen molar-refractivity contribution in [2.45, 2.75) is 44.9 Å². The maximum Gasteiger partial charge on any atom is 0.0468 e. The highest BCUT2D eigenvalue weighted by Crippen LogP contribution is 2.37. The van der Waals surface area contributed by atoms with Crippen LogP contribution in [-0.2, 0) is 4.74 Å². The van der Waals surface area contributed by atoms with Crippen LogP contribution in [0, 0.1) is 5.92 Å². The molecule has 0 spiro atoms. The van der Waals surface area contributed by atoms with Crippen LogP contribution in [0.15, 0.2) is 48.5 Å². The van der Waals surface area contributed by atoms with Crippen LogP contribution in [0.3, 0.4) is 0 Å². The lowest BCUT2D eigenvalue weighted by molar-refractivity contribution is 0.123. The number of halogens is 1. The van der Waals surface area contributed by atoms with Crippen molar-refractivity contribution in [3.63, 3.8) is 0 Å². The molecule has 1 aliphatic carbocycles. The van der Waals surface area contributed by atoms with E-state index in [1.807, 2.05) is 12.1 Å². The van der Waals surface area contributed by atoms with Crippen LogP contribution in [-0.4, -0.2) is 13.2 Å². The Morgan fingerprint density at radius 3 is 2.04 bits per heavy atom. The molecule has 0 saturated heterocycles. The number of ether oxygens (including phenoxy) is 1. The Morgan fingerprint density at radius 1 is 0.875 bits per heavy atom. The van der Waals surface area contributed by atoms with Crippen molar-refractivity contribution in [1.29, 1.82) is 0 Å². The van der Waals surface area contributed by atoms with Crippen LogP contribution < -0.4 is 0 Å². The topological polar surface area (TPSA) is 9.23 Å². The van der Waals surface area contributed by atoms with E-state index in [4.69, 9.17) is 16.3 Å². The van der Waals surface area contributed by atoms with Gasteiger partial charge in [-0.3, -0.25) is 0 Å². The van der Waals surface area contributed by atoms with E-state index < -0.39 is 0 Å². The van der Waals surface area contributed by atoms with Gasteiger partial charge in [-0.25, -0.2) is 0 Å². The van der Waals surface area contributed by atoms with E-state index in [9.17, 15) is 0 Å². The molecule has 1 aliphatic rings. The molecular formula is C22H27ClO. The average Bonchev–Trinajstić information content (AvgIpc) is 2.63. The maximum atomic E-state index is 5.97. The van der Waals surface area contributed by atoms with Crippen molar-refractivity contribution in [3.05, 3.63) is 59.1 Å². The second-order valence-electron chi connectivity index (χ2n) is 6.83. The Labute approximate surface area is 151 Å².